The Morgan fingerprint density at radius 3 is 2.45 bits per heavy atom. The first-order chi connectivity index (χ1) is 10.5. The molecule has 1 amide bonds. The Labute approximate surface area is 140 Å². The molecule has 3 nitrogen and oxygen atoms in total. The molecule has 0 atom stereocenters. The van der Waals surface area contributed by atoms with Crippen LogP contribution in [-0.2, 0) is 4.79 Å². The predicted octanol–water partition coefficient (Wildman–Crippen LogP) is 5.17. The third kappa shape index (κ3) is 4.15. The van der Waals surface area contributed by atoms with E-state index in [1.54, 1.807) is 18.2 Å². The predicted molar refractivity (Wildman–Crippen MR) is 94.1 cm³/mol. The average molecular weight is 337 g/mol. The van der Waals surface area contributed by atoms with Gasteiger partial charge in [0.15, 0.2) is 0 Å². The maximum Gasteiger partial charge on any atom is 0.243 e. The summed E-state index contributed by atoms with van der Waals surface area (Å²) in [5, 5.41) is 6.67. The Kier molecular flexibility index (Phi) is 5.69. The maximum absolute atomic E-state index is 12.1. The second-order valence-electron chi connectivity index (χ2n) is 5.25. The summed E-state index contributed by atoms with van der Waals surface area (Å²) >= 11 is 12.0. The molecule has 0 aliphatic heterocycles. The van der Waals surface area contributed by atoms with Gasteiger partial charge >= 0.3 is 0 Å². The molecule has 2 aromatic rings. The van der Waals surface area contributed by atoms with E-state index in [1.807, 2.05) is 18.2 Å². The first-order valence-electron chi connectivity index (χ1n) is 7.05. The zero-order valence-electron chi connectivity index (χ0n) is 12.5. The van der Waals surface area contributed by atoms with Crippen LogP contribution < -0.4 is 10.6 Å². The monoisotopic (exact) mass is 336 g/mol. The first-order valence-corrected chi connectivity index (χ1v) is 7.81. The van der Waals surface area contributed by atoms with Crippen LogP contribution >= 0.6 is 23.2 Å². The molecule has 5 heteroatoms. The number of carbonyl (C=O) groups excluding carboxylic acids is 1. The number of benzene rings is 2. The third-order valence-corrected chi connectivity index (χ3v) is 4.07. The molecular weight excluding hydrogens is 319 g/mol. The van der Waals surface area contributed by atoms with Gasteiger partial charge in [-0.2, -0.15) is 0 Å². The number of halogens is 2. The lowest BCUT2D eigenvalue weighted by Crippen LogP contribution is -2.22. The third-order valence-electron chi connectivity index (χ3n) is 3.25. The Morgan fingerprint density at radius 1 is 1.05 bits per heavy atom. The minimum atomic E-state index is -0.178. The van der Waals surface area contributed by atoms with Crippen molar-refractivity contribution < 1.29 is 4.79 Å². The van der Waals surface area contributed by atoms with E-state index in [-0.39, 0.29) is 12.5 Å². The summed E-state index contributed by atoms with van der Waals surface area (Å²) in [4.78, 5) is 12.1. The van der Waals surface area contributed by atoms with Gasteiger partial charge in [-0.15, -0.1) is 0 Å². The minimum absolute atomic E-state index is 0.159. The molecule has 2 aromatic carbocycles. The molecule has 0 saturated carbocycles. The van der Waals surface area contributed by atoms with Crippen LogP contribution in [0.2, 0.25) is 10.0 Å². The van der Waals surface area contributed by atoms with Crippen molar-refractivity contribution in [3.05, 3.63) is 58.1 Å². The summed E-state index contributed by atoms with van der Waals surface area (Å²) in [6.45, 7) is 4.39. The van der Waals surface area contributed by atoms with Crippen molar-refractivity contribution in [2.75, 3.05) is 17.2 Å². The van der Waals surface area contributed by atoms with E-state index in [0.29, 0.717) is 21.7 Å². The molecular formula is C17H18Cl2N2O. The average Bonchev–Trinajstić information content (AvgIpc) is 2.50. The number of para-hydroxylation sites is 1. The van der Waals surface area contributed by atoms with E-state index in [2.05, 4.69) is 30.5 Å². The van der Waals surface area contributed by atoms with Crippen molar-refractivity contribution in [1.82, 2.24) is 0 Å². The summed E-state index contributed by atoms with van der Waals surface area (Å²) < 4.78 is 0. The Balaban J connectivity index is 2.00. The number of carbonyl (C=O) groups is 1. The topological polar surface area (TPSA) is 41.1 Å². The molecule has 0 bridgehead atoms. The van der Waals surface area contributed by atoms with E-state index >= 15 is 0 Å². The maximum atomic E-state index is 12.1. The second-order valence-corrected chi connectivity index (χ2v) is 6.03. The van der Waals surface area contributed by atoms with Crippen molar-refractivity contribution in [1.29, 1.82) is 0 Å². The first kappa shape index (κ1) is 16.7. The Bertz CT molecular complexity index is 671. The van der Waals surface area contributed by atoms with Crippen LogP contribution in [0.5, 0.6) is 0 Å². The molecule has 116 valence electrons. The lowest BCUT2D eigenvalue weighted by atomic mass is 10.0. The molecule has 0 radical (unpaired) electrons. The molecule has 0 spiro atoms. The van der Waals surface area contributed by atoms with Crippen molar-refractivity contribution in [3.8, 4) is 0 Å². The summed E-state index contributed by atoms with van der Waals surface area (Å²) in [5.74, 6) is 0.205. The molecule has 0 aliphatic rings. The van der Waals surface area contributed by atoms with Crippen molar-refractivity contribution in [3.63, 3.8) is 0 Å². The molecule has 0 aromatic heterocycles. The second kappa shape index (κ2) is 7.52. The largest absolute Gasteiger partial charge is 0.376 e. The van der Waals surface area contributed by atoms with E-state index < -0.39 is 0 Å². The Hall–Kier alpha value is -1.71. The van der Waals surface area contributed by atoms with Crippen LogP contribution in [0, 0.1) is 0 Å². The molecule has 0 aliphatic carbocycles. The highest BCUT2D eigenvalue weighted by Gasteiger charge is 2.10. The zero-order valence-corrected chi connectivity index (χ0v) is 14.0. The van der Waals surface area contributed by atoms with Crippen LogP contribution in [-0.4, -0.2) is 12.5 Å². The number of amides is 1. The van der Waals surface area contributed by atoms with Gasteiger partial charge in [0.05, 0.1) is 22.3 Å². The van der Waals surface area contributed by atoms with Crippen LogP contribution in [0.4, 0.5) is 11.4 Å². The normalized spacial score (nSPS) is 10.6. The van der Waals surface area contributed by atoms with Crippen LogP contribution in [0.25, 0.3) is 0 Å². The molecule has 0 saturated heterocycles. The van der Waals surface area contributed by atoms with Gasteiger partial charge in [0, 0.05) is 5.69 Å². The van der Waals surface area contributed by atoms with Gasteiger partial charge in [0.25, 0.3) is 0 Å². The SMILES string of the molecule is CC(C)c1ccccc1NCC(=O)Nc1cccc(Cl)c1Cl. The van der Waals surface area contributed by atoms with Crippen LogP contribution in [0.3, 0.4) is 0 Å². The van der Waals surface area contributed by atoms with Crippen molar-refractivity contribution >= 4 is 40.5 Å². The lowest BCUT2D eigenvalue weighted by Gasteiger charge is -2.14. The van der Waals surface area contributed by atoms with Gasteiger partial charge in [-0.05, 0) is 29.7 Å². The van der Waals surface area contributed by atoms with Crippen molar-refractivity contribution in [2.45, 2.75) is 19.8 Å². The van der Waals surface area contributed by atoms with Gasteiger partial charge in [0.2, 0.25) is 5.91 Å². The summed E-state index contributed by atoms with van der Waals surface area (Å²) in [7, 11) is 0. The molecule has 2 rings (SSSR count). The van der Waals surface area contributed by atoms with Crippen LogP contribution in [0.15, 0.2) is 42.5 Å². The van der Waals surface area contributed by atoms with Gasteiger partial charge in [-0.25, -0.2) is 0 Å². The molecule has 0 unspecified atom stereocenters. The fraction of sp³-hybridized carbons (Fsp3) is 0.235. The zero-order chi connectivity index (χ0) is 16.1. The summed E-state index contributed by atoms with van der Waals surface area (Å²) in [6, 6.07) is 13.1. The van der Waals surface area contributed by atoms with Gasteiger partial charge in [0.1, 0.15) is 0 Å². The summed E-state index contributed by atoms with van der Waals surface area (Å²) in [5.41, 5.74) is 2.65. The smallest absolute Gasteiger partial charge is 0.243 e. The summed E-state index contributed by atoms with van der Waals surface area (Å²) in [6.07, 6.45) is 0. The number of hydrogen-bond donors (Lipinski definition) is 2. The Morgan fingerprint density at radius 2 is 1.73 bits per heavy atom. The number of rotatable bonds is 5. The number of anilines is 2. The highest BCUT2D eigenvalue weighted by Crippen LogP contribution is 2.29. The molecule has 0 fully saturated rings. The highest BCUT2D eigenvalue weighted by atomic mass is 35.5. The fourth-order valence-electron chi connectivity index (χ4n) is 2.13. The van der Waals surface area contributed by atoms with Crippen LogP contribution in [0.1, 0.15) is 25.3 Å². The minimum Gasteiger partial charge on any atom is -0.376 e. The van der Waals surface area contributed by atoms with Gasteiger partial charge < -0.3 is 10.6 Å². The van der Waals surface area contributed by atoms with Gasteiger partial charge in [-0.1, -0.05) is 61.3 Å². The van der Waals surface area contributed by atoms with E-state index in [4.69, 9.17) is 23.2 Å². The number of nitrogens with one attached hydrogen (secondary N) is 2. The molecule has 0 heterocycles. The van der Waals surface area contributed by atoms with E-state index in [1.165, 1.54) is 5.56 Å². The van der Waals surface area contributed by atoms with E-state index in [0.717, 1.165) is 5.69 Å². The standard InChI is InChI=1S/C17H18Cl2N2O/c1-11(2)12-6-3-4-8-14(12)20-10-16(22)21-15-9-5-7-13(18)17(15)19/h3-9,11,20H,10H2,1-2H3,(H,21,22). The molecule has 2 N–H and O–H groups in total. The molecule has 22 heavy (non-hydrogen) atoms. The lowest BCUT2D eigenvalue weighted by molar-refractivity contribution is -0.114. The van der Waals surface area contributed by atoms with Gasteiger partial charge in [-0.3, -0.25) is 4.79 Å². The van der Waals surface area contributed by atoms with Crippen molar-refractivity contribution in [2.24, 2.45) is 0 Å². The highest BCUT2D eigenvalue weighted by molar-refractivity contribution is 6.44. The number of hydrogen-bond acceptors (Lipinski definition) is 2. The quantitative estimate of drug-likeness (QED) is 0.790. The van der Waals surface area contributed by atoms with E-state index in [9.17, 15) is 4.79 Å². The fourth-order valence-corrected chi connectivity index (χ4v) is 2.48.